The zero-order chi connectivity index (χ0) is 13.3. The molecule has 0 amide bonds. The molecule has 1 aromatic heterocycles. The van der Waals surface area contributed by atoms with E-state index in [0.29, 0.717) is 12.1 Å². The van der Waals surface area contributed by atoms with Crippen LogP contribution in [0, 0.1) is 5.82 Å². The number of halogens is 1. The highest BCUT2D eigenvalue weighted by atomic mass is 19.1. The number of hydrogen-bond acceptors (Lipinski definition) is 3. The van der Waals surface area contributed by atoms with Crippen molar-refractivity contribution in [2.75, 3.05) is 18.6 Å². The summed E-state index contributed by atoms with van der Waals surface area (Å²) >= 11 is 0. The largest absolute Gasteiger partial charge is 0.395 e. The van der Waals surface area contributed by atoms with Gasteiger partial charge in [-0.15, -0.1) is 0 Å². The van der Waals surface area contributed by atoms with Gasteiger partial charge in [0.1, 0.15) is 5.82 Å². The number of anilines is 1. The number of fused-ring (bicyclic) bond motifs is 1. The lowest BCUT2D eigenvalue weighted by Gasteiger charge is -2.23. The van der Waals surface area contributed by atoms with Crippen LogP contribution >= 0.6 is 0 Å². The van der Waals surface area contributed by atoms with Crippen molar-refractivity contribution in [2.45, 2.75) is 26.4 Å². The van der Waals surface area contributed by atoms with Gasteiger partial charge < -0.3 is 14.6 Å². The molecule has 0 unspecified atom stereocenters. The van der Waals surface area contributed by atoms with Gasteiger partial charge in [0.25, 0.3) is 0 Å². The molecule has 0 aliphatic carbocycles. The average molecular weight is 251 g/mol. The van der Waals surface area contributed by atoms with E-state index in [0.717, 1.165) is 11.5 Å². The second kappa shape index (κ2) is 4.94. The lowest BCUT2D eigenvalue weighted by atomic mass is 10.3. The zero-order valence-electron chi connectivity index (χ0n) is 10.9. The van der Waals surface area contributed by atoms with E-state index in [1.54, 1.807) is 6.07 Å². The Morgan fingerprint density at radius 1 is 1.44 bits per heavy atom. The number of aliphatic hydroxyl groups excluding tert-OH is 1. The standard InChI is InChI=1S/C13H18FN3O/c1-9(2)16(3)13-15-11-8-10(14)4-5-12(11)17(13)6-7-18/h4-5,8-9,18H,6-7H2,1-3H3. The number of nitrogens with zero attached hydrogens (tertiary/aromatic N) is 3. The number of hydrogen-bond donors (Lipinski definition) is 1. The van der Waals surface area contributed by atoms with Crippen molar-refractivity contribution in [3.8, 4) is 0 Å². The first kappa shape index (κ1) is 12.8. The van der Waals surface area contributed by atoms with Crippen LogP contribution < -0.4 is 4.90 Å². The van der Waals surface area contributed by atoms with Gasteiger partial charge in [-0.1, -0.05) is 0 Å². The van der Waals surface area contributed by atoms with E-state index < -0.39 is 0 Å². The Balaban J connectivity index is 2.60. The fraction of sp³-hybridized carbons (Fsp3) is 0.462. The molecule has 0 radical (unpaired) electrons. The summed E-state index contributed by atoms with van der Waals surface area (Å²) in [6, 6.07) is 4.81. The molecular weight excluding hydrogens is 233 g/mol. The van der Waals surface area contributed by atoms with Gasteiger partial charge in [0, 0.05) is 25.7 Å². The Labute approximate surface area is 106 Å². The van der Waals surface area contributed by atoms with Crippen molar-refractivity contribution in [1.82, 2.24) is 9.55 Å². The zero-order valence-corrected chi connectivity index (χ0v) is 10.9. The highest BCUT2D eigenvalue weighted by molar-refractivity contribution is 5.79. The molecule has 5 heteroatoms. The van der Waals surface area contributed by atoms with Crippen LogP contribution in [0.4, 0.5) is 10.3 Å². The van der Waals surface area contributed by atoms with Crippen molar-refractivity contribution in [2.24, 2.45) is 0 Å². The van der Waals surface area contributed by atoms with E-state index in [-0.39, 0.29) is 18.5 Å². The van der Waals surface area contributed by atoms with Crippen LogP contribution in [0.15, 0.2) is 18.2 Å². The molecule has 1 aromatic carbocycles. The number of aliphatic hydroxyl groups is 1. The van der Waals surface area contributed by atoms with Crippen LogP contribution in [0.1, 0.15) is 13.8 Å². The van der Waals surface area contributed by atoms with E-state index in [1.807, 2.05) is 16.5 Å². The predicted molar refractivity (Wildman–Crippen MR) is 70.3 cm³/mol. The lowest BCUT2D eigenvalue weighted by molar-refractivity contribution is 0.278. The van der Waals surface area contributed by atoms with E-state index >= 15 is 0 Å². The number of aromatic nitrogens is 2. The van der Waals surface area contributed by atoms with Crippen molar-refractivity contribution in [1.29, 1.82) is 0 Å². The summed E-state index contributed by atoms with van der Waals surface area (Å²) < 4.78 is 15.1. The Kier molecular flexibility index (Phi) is 3.52. The molecule has 1 heterocycles. The summed E-state index contributed by atoms with van der Waals surface area (Å²) in [7, 11) is 1.94. The van der Waals surface area contributed by atoms with Crippen LogP contribution in [0.5, 0.6) is 0 Å². The molecule has 1 N–H and O–H groups in total. The Bertz CT molecular complexity index is 550. The molecule has 98 valence electrons. The van der Waals surface area contributed by atoms with Crippen LogP contribution in [0.2, 0.25) is 0 Å². The summed E-state index contributed by atoms with van der Waals surface area (Å²) in [6.07, 6.45) is 0. The number of imidazole rings is 1. The molecule has 18 heavy (non-hydrogen) atoms. The third-order valence-corrected chi connectivity index (χ3v) is 3.10. The maximum atomic E-state index is 13.2. The molecule has 2 rings (SSSR count). The Morgan fingerprint density at radius 3 is 2.78 bits per heavy atom. The van der Waals surface area contributed by atoms with E-state index in [9.17, 15) is 4.39 Å². The topological polar surface area (TPSA) is 41.3 Å². The maximum absolute atomic E-state index is 13.2. The molecule has 0 spiro atoms. The molecule has 0 saturated carbocycles. The second-order valence-corrected chi connectivity index (χ2v) is 4.62. The SMILES string of the molecule is CC(C)N(C)c1nc2cc(F)ccc2n1CCO. The quantitative estimate of drug-likeness (QED) is 0.903. The molecule has 0 fully saturated rings. The third kappa shape index (κ3) is 2.18. The van der Waals surface area contributed by atoms with Gasteiger partial charge in [-0.3, -0.25) is 0 Å². The van der Waals surface area contributed by atoms with Crippen molar-refractivity contribution in [3.05, 3.63) is 24.0 Å². The Hall–Kier alpha value is -1.62. The van der Waals surface area contributed by atoms with Gasteiger partial charge in [0.15, 0.2) is 0 Å². The number of benzene rings is 1. The lowest BCUT2D eigenvalue weighted by Crippen LogP contribution is -2.29. The second-order valence-electron chi connectivity index (χ2n) is 4.62. The van der Waals surface area contributed by atoms with Crippen LogP contribution in [-0.4, -0.2) is 34.4 Å². The summed E-state index contributed by atoms with van der Waals surface area (Å²) in [5, 5.41) is 9.16. The first-order valence-electron chi connectivity index (χ1n) is 6.04. The Morgan fingerprint density at radius 2 is 2.17 bits per heavy atom. The van der Waals surface area contributed by atoms with Crippen molar-refractivity contribution in [3.63, 3.8) is 0 Å². The van der Waals surface area contributed by atoms with Gasteiger partial charge >= 0.3 is 0 Å². The van der Waals surface area contributed by atoms with E-state index in [1.165, 1.54) is 12.1 Å². The van der Waals surface area contributed by atoms with Gasteiger partial charge in [-0.2, -0.15) is 0 Å². The minimum Gasteiger partial charge on any atom is -0.395 e. The van der Waals surface area contributed by atoms with Gasteiger partial charge in [0.2, 0.25) is 5.95 Å². The monoisotopic (exact) mass is 251 g/mol. The molecule has 0 atom stereocenters. The fourth-order valence-electron chi connectivity index (χ4n) is 1.91. The first-order chi connectivity index (χ1) is 8.54. The minimum absolute atomic E-state index is 0.0295. The maximum Gasteiger partial charge on any atom is 0.206 e. The smallest absolute Gasteiger partial charge is 0.206 e. The number of rotatable bonds is 4. The predicted octanol–water partition coefficient (Wildman–Crippen LogP) is 2.01. The summed E-state index contributed by atoms with van der Waals surface area (Å²) in [4.78, 5) is 6.46. The summed E-state index contributed by atoms with van der Waals surface area (Å²) in [5.41, 5.74) is 1.46. The molecule has 0 saturated heterocycles. The highest BCUT2D eigenvalue weighted by Crippen LogP contribution is 2.23. The van der Waals surface area contributed by atoms with Gasteiger partial charge in [-0.25, -0.2) is 9.37 Å². The molecule has 0 aliphatic rings. The van der Waals surface area contributed by atoms with Crippen LogP contribution in [-0.2, 0) is 6.54 Å². The fourth-order valence-corrected chi connectivity index (χ4v) is 1.91. The molecule has 4 nitrogen and oxygen atoms in total. The van der Waals surface area contributed by atoms with Crippen molar-refractivity contribution < 1.29 is 9.50 Å². The summed E-state index contributed by atoms with van der Waals surface area (Å²) in [5.74, 6) is 0.453. The molecule has 0 aliphatic heterocycles. The summed E-state index contributed by atoms with van der Waals surface area (Å²) in [6.45, 7) is 4.60. The molecular formula is C13H18FN3O. The van der Waals surface area contributed by atoms with Crippen LogP contribution in [0.25, 0.3) is 11.0 Å². The molecule has 2 aromatic rings. The van der Waals surface area contributed by atoms with Crippen molar-refractivity contribution >= 4 is 17.0 Å². The molecule has 0 bridgehead atoms. The van der Waals surface area contributed by atoms with Gasteiger partial charge in [-0.05, 0) is 26.0 Å². The van der Waals surface area contributed by atoms with Gasteiger partial charge in [0.05, 0.1) is 17.6 Å². The minimum atomic E-state index is -0.296. The average Bonchev–Trinajstić information content (AvgIpc) is 2.66. The van der Waals surface area contributed by atoms with Crippen LogP contribution in [0.3, 0.4) is 0 Å². The normalized spacial score (nSPS) is 11.4. The first-order valence-corrected chi connectivity index (χ1v) is 6.04. The van der Waals surface area contributed by atoms with E-state index in [2.05, 4.69) is 18.8 Å². The van der Waals surface area contributed by atoms with E-state index in [4.69, 9.17) is 5.11 Å². The highest BCUT2D eigenvalue weighted by Gasteiger charge is 2.16. The third-order valence-electron chi connectivity index (χ3n) is 3.10.